The van der Waals surface area contributed by atoms with E-state index in [1.165, 1.54) is 17.3 Å². The largest absolute Gasteiger partial charge is 0.390 e. The summed E-state index contributed by atoms with van der Waals surface area (Å²) in [4.78, 5) is 14.7. The van der Waals surface area contributed by atoms with Crippen molar-refractivity contribution in [1.29, 1.82) is 0 Å². The minimum absolute atomic E-state index is 0.161. The van der Waals surface area contributed by atoms with Crippen LogP contribution in [-0.2, 0) is 13.0 Å². The molecule has 1 unspecified atom stereocenters. The number of β-amino-alcohol motifs (C(OH)–C–C–N with tert-alkyl or cyclic N) is 1. The SMILES string of the molecule is O=c1c(Cl)c(NCC(O)CN2CCc3ccccc3C2)cnn1-c1ccc(F)cc1F. The van der Waals surface area contributed by atoms with Gasteiger partial charge in [0.05, 0.1) is 18.0 Å². The summed E-state index contributed by atoms with van der Waals surface area (Å²) in [5.74, 6) is -1.69. The predicted octanol–water partition coefficient (Wildman–Crippen LogP) is 3.00. The fourth-order valence-corrected chi connectivity index (χ4v) is 3.88. The summed E-state index contributed by atoms with van der Waals surface area (Å²) < 4.78 is 27.9. The molecule has 0 radical (unpaired) electrons. The Bertz CT molecular complexity index is 1150. The highest BCUT2D eigenvalue weighted by atomic mass is 35.5. The van der Waals surface area contributed by atoms with Crippen LogP contribution < -0.4 is 10.9 Å². The fraction of sp³-hybridized carbons (Fsp3) is 0.273. The van der Waals surface area contributed by atoms with Crippen molar-refractivity contribution in [1.82, 2.24) is 14.7 Å². The van der Waals surface area contributed by atoms with Crippen molar-refractivity contribution >= 4 is 17.3 Å². The van der Waals surface area contributed by atoms with Gasteiger partial charge in [0, 0.05) is 32.2 Å². The van der Waals surface area contributed by atoms with E-state index in [-0.39, 0.29) is 22.9 Å². The van der Waals surface area contributed by atoms with Crippen LogP contribution in [0.25, 0.3) is 5.69 Å². The van der Waals surface area contributed by atoms with Gasteiger partial charge in [-0.05, 0) is 29.7 Å². The highest BCUT2D eigenvalue weighted by Gasteiger charge is 2.19. The van der Waals surface area contributed by atoms with Gasteiger partial charge in [0.25, 0.3) is 5.56 Å². The summed E-state index contributed by atoms with van der Waals surface area (Å²) in [5.41, 5.74) is 1.87. The lowest BCUT2D eigenvalue weighted by Crippen LogP contribution is -2.39. The second kappa shape index (κ2) is 9.13. The number of anilines is 1. The zero-order chi connectivity index (χ0) is 22.0. The molecule has 2 aromatic carbocycles. The maximum atomic E-state index is 14.0. The highest BCUT2D eigenvalue weighted by Crippen LogP contribution is 2.20. The van der Waals surface area contributed by atoms with Crippen LogP contribution in [0.4, 0.5) is 14.5 Å². The molecule has 31 heavy (non-hydrogen) atoms. The van der Waals surface area contributed by atoms with E-state index in [9.17, 15) is 18.7 Å². The second-order valence-electron chi connectivity index (χ2n) is 7.47. The summed E-state index contributed by atoms with van der Waals surface area (Å²) in [7, 11) is 0. The zero-order valence-electron chi connectivity index (χ0n) is 16.6. The Morgan fingerprint density at radius 2 is 1.97 bits per heavy atom. The smallest absolute Gasteiger partial charge is 0.292 e. The third kappa shape index (κ3) is 4.76. The molecule has 162 valence electrons. The van der Waals surface area contributed by atoms with Crippen molar-refractivity contribution in [2.45, 2.75) is 19.1 Å². The monoisotopic (exact) mass is 446 g/mol. The van der Waals surface area contributed by atoms with Gasteiger partial charge in [-0.3, -0.25) is 9.69 Å². The number of hydrogen-bond acceptors (Lipinski definition) is 5. The molecule has 1 atom stereocenters. The highest BCUT2D eigenvalue weighted by molar-refractivity contribution is 6.32. The normalized spacial score (nSPS) is 14.8. The third-order valence-electron chi connectivity index (χ3n) is 5.26. The lowest BCUT2D eigenvalue weighted by atomic mass is 10.00. The first-order chi connectivity index (χ1) is 14.9. The number of nitrogens with zero attached hydrogens (tertiary/aromatic N) is 3. The maximum Gasteiger partial charge on any atom is 0.292 e. The van der Waals surface area contributed by atoms with Crippen LogP contribution in [-0.4, -0.2) is 45.5 Å². The standard InChI is InChI=1S/C22H21ClF2N4O2/c23-21-19(11-27-29(22(21)31)20-6-5-16(24)9-18(20)25)26-10-17(30)13-28-8-7-14-3-1-2-4-15(14)12-28/h1-6,9,11,17,26,30H,7-8,10,12-13H2. The molecule has 0 aliphatic carbocycles. The molecule has 4 rings (SSSR count). The predicted molar refractivity (Wildman–Crippen MR) is 115 cm³/mol. The van der Waals surface area contributed by atoms with Crippen molar-refractivity contribution in [2.75, 3.05) is 25.0 Å². The van der Waals surface area contributed by atoms with E-state index in [2.05, 4.69) is 27.4 Å². The first-order valence-electron chi connectivity index (χ1n) is 9.86. The third-order valence-corrected chi connectivity index (χ3v) is 5.63. The molecule has 0 spiro atoms. The summed E-state index contributed by atoms with van der Waals surface area (Å²) >= 11 is 6.14. The van der Waals surface area contributed by atoms with Crippen LogP contribution in [0.15, 0.2) is 53.5 Å². The Balaban J connectivity index is 1.40. The minimum Gasteiger partial charge on any atom is -0.390 e. The van der Waals surface area contributed by atoms with Gasteiger partial charge in [0.1, 0.15) is 16.5 Å². The van der Waals surface area contributed by atoms with Crippen LogP contribution in [0.5, 0.6) is 0 Å². The van der Waals surface area contributed by atoms with Gasteiger partial charge in [0.2, 0.25) is 0 Å². The van der Waals surface area contributed by atoms with Gasteiger partial charge >= 0.3 is 0 Å². The van der Waals surface area contributed by atoms with Crippen LogP contribution in [0.2, 0.25) is 5.02 Å². The number of benzene rings is 2. The maximum absolute atomic E-state index is 14.0. The minimum atomic E-state index is -0.926. The molecule has 6 nitrogen and oxygen atoms in total. The van der Waals surface area contributed by atoms with Gasteiger partial charge < -0.3 is 10.4 Å². The van der Waals surface area contributed by atoms with E-state index in [1.807, 2.05) is 12.1 Å². The van der Waals surface area contributed by atoms with E-state index in [0.717, 1.165) is 36.3 Å². The Morgan fingerprint density at radius 3 is 2.74 bits per heavy atom. The van der Waals surface area contributed by atoms with Crippen LogP contribution in [0.1, 0.15) is 11.1 Å². The summed E-state index contributed by atoms with van der Waals surface area (Å²) in [6, 6.07) is 11.1. The number of aliphatic hydroxyl groups excluding tert-OH is 1. The van der Waals surface area contributed by atoms with Gasteiger partial charge in [-0.2, -0.15) is 9.78 Å². The van der Waals surface area contributed by atoms with E-state index < -0.39 is 23.3 Å². The number of fused-ring (bicyclic) bond motifs is 1. The molecular weight excluding hydrogens is 426 g/mol. The average Bonchev–Trinajstić information content (AvgIpc) is 2.75. The number of hydrogen-bond donors (Lipinski definition) is 2. The molecule has 1 aliphatic rings. The van der Waals surface area contributed by atoms with E-state index >= 15 is 0 Å². The quantitative estimate of drug-likeness (QED) is 0.609. The number of rotatable bonds is 6. The van der Waals surface area contributed by atoms with Crippen molar-refractivity contribution in [2.24, 2.45) is 0 Å². The Kier molecular flexibility index (Phi) is 6.31. The first-order valence-corrected chi connectivity index (χ1v) is 10.2. The van der Waals surface area contributed by atoms with Crippen molar-refractivity contribution in [3.05, 3.63) is 86.8 Å². The molecular formula is C22H21ClF2N4O2. The topological polar surface area (TPSA) is 70.4 Å². The van der Waals surface area contributed by atoms with E-state index in [4.69, 9.17) is 11.6 Å². The van der Waals surface area contributed by atoms with Crippen LogP contribution >= 0.6 is 11.6 Å². The Hall–Kier alpha value is -2.81. The van der Waals surface area contributed by atoms with Gasteiger partial charge in [-0.15, -0.1) is 0 Å². The van der Waals surface area contributed by atoms with Crippen molar-refractivity contribution in [3.8, 4) is 5.69 Å². The molecule has 3 aromatic rings. The number of halogens is 3. The Morgan fingerprint density at radius 1 is 1.19 bits per heavy atom. The lowest BCUT2D eigenvalue weighted by molar-refractivity contribution is 0.114. The van der Waals surface area contributed by atoms with Gasteiger partial charge in [-0.25, -0.2) is 8.78 Å². The Labute approximate surface area is 182 Å². The molecule has 0 bridgehead atoms. The van der Waals surface area contributed by atoms with Crippen molar-refractivity contribution < 1.29 is 13.9 Å². The first kappa shape index (κ1) is 21.4. The summed E-state index contributed by atoms with van der Waals surface area (Å²) in [5, 5.41) is 17.1. The van der Waals surface area contributed by atoms with E-state index in [0.29, 0.717) is 12.6 Å². The van der Waals surface area contributed by atoms with E-state index in [1.54, 1.807) is 0 Å². The molecule has 0 saturated carbocycles. The molecule has 0 fully saturated rings. The number of aliphatic hydroxyl groups is 1. The molecule has 0 saturated heterocycles. The van der Waals surface area contributed by atoms with Crippen molar-refractivity contribution in [3.63, 3.8) is 0 Å². The molecule has 0 amide bonds. The number of nitrogens with one attached hydrogen (secondary N) is 1. The second-order valence-corrected chi connectivity index (χ2v) is 7.85. The lowest BCUT2D eigenvalue weighted by Gasteiger charge is -2.30. The molecule has 1 aromatic heterocycles. The van der Waals surface area contributed by atoms with Crippen LogP contribution in [0, 0.1) is 11.6 Å². The summed E-state index contributed by atoms with van der Waals surface area (Å²) in [6.07, 6.45) is 1.51. The molecule has 2 N–H and O–H groups in total. The zero-order valence-corrected chi connectivity index (χ0v) is 17.3. The molecule has 2 heterocycles. The van der Waals surface area contributed by atoms with Crippen LogP contribution in [0.3, 0.4) is 0 Å². The van der Waals surface area contributed by atoms with Gasteiger partial charge in [-0.1, -0.05) is 35.9 Å². The average molecular weight is 447 g/mol. The fourth-order valence-electron chi connectivity index (χ4n) is 3.68. The molecule has 9 heteroatoms. The number of aromatic nitrogens is 2. The van der Waals surface area contributed by atoms with Gasteiger partial charge in [0.15, 0.2) is 5.82 Å². The molecule has 1 aliphatic heterocycles. The summed E-state index contributed by atoms with van der Waals surface area (Å²) in [6.45, 7) is 2.25.